The van der Waals surface area contributed by atoms with Crippen LogP contribution in [0.1, 0.15) is 33.3 Å². The second-order valence-corrected chi connectivity index (χ2v) is 5.75. The number of ether oxygens (including phenoxy) is 2. The normalized spacial score (nSPS) is 12.7. The number of rotatable bonds is 4. The fraction of sp³-hybridized carbons (Fsp3) is 0.533. The largest absolute Gasteiger partial charge is 0.508 e. The van der Waals surface area contributed by atoms with E-state index >= 15 is 0 Å². The molecular weight excluding hydrogens is 258 g/mol. The van der Waals surface area contributed by atoms with E-state index in [1.165, 1.54) is 0 Å². The molecule has 112 valence electrons. The summed E-state index contributed by atoms with van der Waals surface area (Å²) in [5.41, 5.74) is 0.190. The Labute approximate surface area is 119 Å². The summed E-state index contributed by atoms with van der Waals surface area (Å²) in [7, 11) is 1.57. The SMILES string of the molecule is COc1ccc(O)c(CC(C)NC(=O)OC(C)(C)C)c1. The molecule has 0 radical (unpaired) electrons. The molecule has 0 aliphatic heterocycles. The summed E-state index contributed by atoms with van der Waals surface area (Å²) in [4.78, 5) is 11.6. The Hall–Kier alpha value is -1.91. The summed E-state index contributed by atoms with van der Waals surface area (Å²) in [5, 5.41) is 12.5. The minimum Gasteiger partial charge on any atom is -0.508 e. The van der Waals surface area contributed by atoms with E-state index in [0.29, 0.717) is 17.7 Å². The molecule has 0 aliphatic carbocycles. The minimum absolute atomic E-state index is 0.164. The van der Waals surface area contributed by atoms with Crippen LogP contribution >= 0.6 is 0 Å². The van der Waals surface area contributed by atoms with Gasteiger partial charge in [-0.2, -0.15) is 0 Å². The van der Waals surface area contributed by atoms with Crippen LogP contribution in [0.4, 0.5) is 4.79 Å². The molecule has 0 spiro atoms. The molecule has 0 heterocycles. The number of nitrogens with one attached hydrogen (secondary N) is 1. The zero-order valence-corrected chi connectivity index (χ0v) is 12.7. The second-order valence-electron chi connectivity index (χ2n) is 5.75. The molecule has 0 fully saturated rings. The summed E-state index contributed by atoms with van der Waals surface area (Å²) in [6, 6.07) is 4.85. The Kier molecular flexibility index (Phi) is 5.25. The van der Waals surface area contributed by atoms with Crippen LogP contribution in [0.15, 0.2) is 18.2 Å². The van der Waals surface area contributed by atoms with Crippen LogP contribution in [0, 0.1) is 0 Å². The van der Waals surface area contributed by atoms with E-state index in [1.54, 1.807) is 25.3 Å². The minimum atomic E-state index is -0.526. The van der Waals surface area contributed by atoms with Gasteiger partial charge < -0.3 is 19.9 Å². The molecule has 1 atom stereocenters. The van der Waals surface area contributed by atoms with Crippen molar-refractivity contribution < 1.29 is 19.4 Å². The molecule has 0 aromatic heterocycles. The van der Waals surface area contributed by atoms with Gasteiger partial charge in [0.25, 0.3) is 0 Å². The number of alkyl carbamates (subject to hydrolysis) is 1. The first kappa shape index (κ1) is 16.1. The molecule has 20 heavy (non-hydrogen) atoms. The van der Waals surface area contributed by atoms with Gasteiger partial charge in [0.15, 0.2) is 0 Å². The van der Waals surface area contributed by atoms with Crippen molar-refractivity contribution in [3.05, 3.63) is 23.8 Å². The number of aromatic hydroxyl groups is 1. The number of phenols is 1. The van der Waals surface area contributed by atoms with E-state index in [4.69, 9.17) is 9.47 Å². The number of carbonyl (C=O) groups excluding carboxylic acids is 1. The van der Waals surface area contributed by atoms with Crippen LogP contribution < -0.4 is 10.1 Å². The topological polar surface area (TPSA) is 67.8 Å². The van der Waals surface area contributed by atoms with Crippen molar-refractivity contribution in [2.45, 2.75) is 45.8 Å². The highest BCUT2D eigenvalue weighted by molar-refractivity contribution is 5.68. The standard InChI is InChI=1S/C15H23NO4/c1-10(16-14(18)20-15(2,3)4)8-11-9-12(19-5)6-7-13(11)17/h6-7,9-10,17H,8H2,1-5H3,(H,16,18). The Morgan fingerprint density at radius 3 is 2.60 bits per heavy atom. The third kappa shape index (κ3) is 5.38. The van der Waals surface area contributed by atoms with Crippen molar-refractivity contribution >= 4 is 6.09 Å². The summed E-state index contributed by atoms with van der Waals surface area (Å²) >= 11 is 0. The summed E-state index contributed by atoms with van der Waals surface area (Å²) in [5.74, 6) is 0.853. The Morgan fingerprint density at radius 2 is 2.05 bits per heavy atom. The van der Waals surface area contributed by atoms with Crippen molar-refractivity contribution in [3.8, 4) is 11.5 Å². The predicted octanol–water partition coefficient (Wildman–Crippen LogP) is 2.86. The molecule has 5 nitrogen and oxygen atoms in total. The molecule has 1 amide bonds. The quantitative estimate of drug-likeness (QED) is 0.890. The molecule has 0 aliphatic rings. The van der Waals surface area contributed by atoms with Crippen molar-refractivity contribution in [3.63, 3.8) is 0 Å². The number of amides is 1. The maximum atomic E-state index is 11.6. The van der Waals surface area contributed by atoms with Crippen LogP contribution in [-0.2, 0) is 11.2 Å². The zero-order valence-electron chi connectivity index (χ0n) is 12.7. The Morgan fingerprint density at radius 1 is 1.40 bits per heavy atom. The van der Waals surface area contributed by atoms with Crippen molar-refractivity contribution in [1.82, 2.24) is 5.32 Å². The lowest BCUT2D eigenvalue weighted by molar-refractivity contribution is 0.0508. The first-order chi connectivity index (χ1) is 9.21. The van der Waals surface area contributed by atoms with Crippen LogP contribution in [0.3, 0.4) is 0 Å². The average Bonchev–Trinajstić information content (AvgIpc) is 2.29. The number of hydrogen-bond donors (Lipinski definition) is 2. The maximum Gasteiger partial charge on any atom is 0.407 e. The molecule has 2 N–H and O–H groups in total. The van der Waals surface area contributed by atoms with Gasteiger partial charge in [-0.25, -0.2) is 4.79 Å². The summed E-state index contributed by atoms with van der Waals surface area (Å²) in [6.07, 6.45) is 0.0230. The molecule has 5 heteroatoms. The van der Waals surface area contributed by atoms with E-state index in [9.17, 15) is 9.90 Å². The molecule has 0 saturated carbocycles. The van der Waals surface area contributed by atoms with Crippen LogP contribution in [0.2, 0.25) is 0 Å². The Bertz CT molecular complexity index is 465. The lowest BCUT2D eigenvalue weighted by Gasteiger charge is -2.22. The smallest absolute Gasteiger partial charge is 0.407 e. The summed E-state index contributed by atoms with van der Waals surface area (Å²) < 4.78 is 10.3. The highest BCUT2D eigenvalue weighted by Gasteiger charge is 2.18. The average molecular weight is 281 g/mol. The van der Waals surface area contributed by atoms with Gasteiger partial charge in [-0.3, -0.25) is 0 Å². The highest BCUT2D eigenvalue weighted by atomic mass is 16.6. The van der Waals surface area contributed by atoms with Gasteiger partial charge in [-0.15, -0.1) is 0 Å². The first-order valence-corrected chi connectivity index (χ1v) is 6.56. The maximum absolute atomic E-state index is 11.6. The van der Waals surface area contributed by atoms with Crippen LogP contribution in [0.25, 0.3) is 0 Å². The molecular formula is C15H23NO4. The van der Waals surface area contributed by atoms with Crippen molar-refractivity contribution in [1.29, 1.82) is 0 Å². The third-order valence-electron chi connectivity index (χ3n) is 2.58. The predicted molar refractivity (Wildman–Crippen MR) is 77.2 cm³/mol. The Balaban J connectivity index is 2.62. The number of methoxy groups -OCH3 is 1. The number of hydrogen-bond acceptors (Lipinski definition) is 4. The van der Waals surface area contributed by atoms with E-state index in [0.717, 1.165) is 0 Å². The lowest BCUT2D eigenvalue weighted by atomic mass is 10.1. The van der Waals surface area contributed by atoms with Gasteiger partial charge >= 0.3 is 6.09 Å². The fourth-order valence-corrected chi connectivity index (χ4v) is 1.74. The van der Waals surface area contributed by atoms with Crippen molar-refractivity contribution in [2.24, 2.45) is 0 Å². The third-order valence-corrected chi connectivity index (χ3v) is 2.58. The highest BCUT2D eigenvalue weighted by Crippen LogP contribution is 2.24. The van der Waals surface area contributed by atoms with Gasteiger partial charge in [-0.05, 0) is 57.9 Å². The molecule has 1 aromatic rings. The summed E-state index contributed by atoms with van der Waals surface area (Å²) in [6.45, 7) is 7.28. The van der Waals surface area contributed by atoms with Crippen LogP contribution in [-0.4, -0.2) is 30.0 Å². The first-order valence-electron chi connectivity index (χ1n) is 6.56. The number of benzene rings is 1. The lowest BCUT2D eigenvalue weighted by Crippen LogP contribution is -2.38. The number of phenolic OH excluding ortho intramolecular Hbond substituents is 1. The van der Waals surface area contributed by atoms with Gasteiger partial charge in [0, 0.05) is 6.04 Å². The number of carbonyl (C=O) groups is 1. The van der Waals surface area contributed by atoms with E-state index < -0.39 is 11.7 Å². The van der Waals surface area contributed by atoms with E-state index in [-0.39, 0.29) is 11.8 Å². The molecule has 1 rings (SSSR count). The zero-order chi connectivity index (χ0) is 15.3. The van der Waals surface area contributed by atoms with Gasteiger partial charge in [-0.1, -0.05) is 0 Å². The molecule has 0 saturated heterocycles. The molecule has 0 bridgehead atoms. The second kappa shape index (κ2) is 6.50. The van der Waals surface area contributed by atoms with Crippen LogP contribution in [0.5, 0.6) is 11.5 Å². The van der Waals surface area contributed by atoms with Gasteiger partial charge in [0.05, 0.1) is 7.11 Å². The van der Waals surface area contributed by atoms with Crippen molar-refractivity contribution in [2.75, 3.05) is 7.11 Å². The molecule has 1 aromatic carbocycles. The fourth-order valence-electron chi connectivity index (χ4n) is 1.74. The van der Waals surface area contributed by atoms with Gasteiger partial charge in [0.1, 0.15) is 17.1 Å². The van der Waals surface area contributed by atoms with Gasteiger partial charge in [0.2, 0.25) is 0 Å². The molecule has 1 unspecified atom stereocenters. The monoisotopic (exact) mass is 281 g/mol. The van der Waals surface area contributed by atoms with E-state index in [2.05, 4.69) is 5.32 Å². The van der Waals surface area contributed by atoms with E-state index in [1.807, 2.05) is 27.7 Å².